The van der Waals surface area contributed by atoms with E-state index >= 15 is 0 Å². The van der Waals surface area contributed by atoms with Gasteiger partial charge in [0.2, 0.25) is 17.7 Å². The number of nitrogens with two attached hydrogens (primary N) is 1. The maximum absolute atomic E-state index is 12.2. The van der Waals surface area contributed by atoms with Crippen molar-refractivity contribution >= 4 is 40.9 Å². The molecule has 3 aromatic rings. The second-order valence-corrected chi connectivity index (χ2v) is 7.57. The smallest absolute Gasteiger partial charge is 0.248 e. The van der Waals surface area contributed by atoms with Gasteiger partial charge < -0.3 is 16.4 Å². The number of hydrogen-bond acceptors (Lipinski definition) is 4. The summed E-state index contributed by atoms with van der Waals surface area (Å²) in [6.07, 6.45) is 0.301. The molecular formula is C23H21N3O3S. The minimum absolute atomic E-state index is 0.0968. The van der Waals surface area contributed by atoms with Crippen LogP contribution in [0.15, 0.2) is 83.8 Å². The minimum atomic E-state index is -0.515. The zero-order valence-electron chi connectivity index (χ0n) is 16.1. The quantitative estimate of drug-likeness (QED) is 0.485. The SMILES string of the molecule is NC(=O)c1ccc(NC(=O)CSc2cccc(NC(=O)Cc3ccccc3)c2)cc1. The van der Waals surface area contributed by atoms with Crippen LogP contribution < -0.4 is 16.4 Å². The number of benzene rings is 3. The number of amides is 3. The van der Waals surface area contributed by atoms with Crippen molar-refractivity contribution in [3.05, 3.63) is 90.0 Å². The van der Waals surface area contributed by atoms with Gasteiger partial charge in [-0.3, -0.25) is 14.4 Å². The normalized spacial score (nSPS) is 10.3. The third-order valence-electron chi connectivity index (χ3n) is 4.15. The summed E-state index contributed by atoms with van der Waals surface area (Å²) >= 11 is 1.36. The van der Waals surface area contributed by atoms with E-state index in [1.165, 1.54) is 11.8 Å². The lowest BCUT2D eigenvalue weighted by atomic mass is 10.1. The Hall–Kier alpha value is -3.58. The number of nitrogens with one attached hydrogen (secondary N) is 2. The van der Waals surface area contributed by atoms with Crippen molar-refractivity contribution in [2.75, 3.05) is 16.4 Å². The number of primary amides is 1. The standard InChI is InChI=1S/C23H21N3O3S/c24-23(29)17-9-11-18(12-10-17)25-22(28)15-30-20-8-4-7-19(14-20)26-21(27)13-16-5-2-1-3-6-16/h1-12,14H,13,15H2,(H2,24,29)(H,25,28)(H,26,27). The lowest BCUT2D eigenvalue weighted by molar-refractivity contribution is -0.115. The molecule has 0 bridgehead atoms. The summed E-state index contributed by atoms with van der Waals surface area (Å²) in [6, 6.07) is 23.3. The molecule has 0 fully saturated rings. The highest BCUT2D eigenvalue weighted by Gasteiger charge is 2.07. The molecule has 0 saturated heterocycles. The van der Waals surface area contributed by atoms with Crippen molar-refractivity contribution in [2.45, 2.75) is 11.3 Å². The molecule has 0 atom stereocenters. The molecule has 0 heterocycles. The van der Waals surface area contributed by atoms with Crippen molar-refractivity contribution < 1.29 is 14.4 Å². The largest absolute Gasteiger partial charge is 0.366 e. The van der Waals surface area contributed by atoms with Crippen LogP contribution in [0.2, 0.25) is 0 Å². The predicted octanol–water partition coefficient (Wildman–Crippen LogP) is 3.70. The molecule has 3 amide bonds. The van der Waals surface area contributed by atoms with Crippen LogP contribution in [0.5, 0.6) is 0 Å². The van der Waals surface area contributed by atoms with Crippen LogP contribution in [-0.4, -0.2) is 23.5 Å². The van der Waals surface area contributed by atoms with Crippen LogP contribution >= 0.6 is 11.8 Å². The van der Waals surface area contributed by atoms with E-state index in [0.29, 0.717) is 23.4 Å². The highest BCUT2D eigenvalue weighted by atomic mass is 32.2. The van der Waals surface area contributed by atoms with E-state index in [9.17, 15) is 14.4 Å². The summed E-state index contributed by atoms with van der Waals surface area (Å²) < 4.78 is 0. The zero-order chi connectivity index (χ0) is 21.3. The third kappa shape index (κ3) is 6.49. The Balaban J connectivity index is 1.50. The van der Waals surface area contributed by atoms with Gasteiger partial charge in [-0.15, -0.1) is 11.8 Å². The minimum Gasteiger partial charge on any atom is -0.366 e. The average molecular weight is 420 g/mol. The first kappa shape index (κ1) is 21.1. The molecule has 0 aromatic heterocycles. The monoisotopic (exact) mass is 419 g/mol. The number of hydrogen-bond donors (Lipinski definition) is 3. The molecule has 0 radical (unpaired) electrons. The Morgan fingerprint density at radius 1 is 0.767 bits per heavy atom. The second kappa shape index (κ2) is 10.3. The average Bonchev–Trinajstić information content (AvgIpc) is 2.73. The molecule has 4 N–H and O–H groups in total. The van der Waals surface area contributed by atoms with Crippen molar-refractivity contribution in [3.8, 4) is 0 Å². The molecule has 0 saturated carbocycles. The van der Waals surface area contributed by atoms with Gasteiger partial charge >= 0.3 is 0 Å². The van der Waals surface area contributed by atoms with E-state index in [1.807, 2.05) is 54.6 Å². The Labute approximate surface area is 178 Å². The summed E-state index contributed by atoms with van der Waals surface area (Å²) in [4.78, 5) is 36.3. The topological polar surface area (TPSA) is 101 Å². The van der Waals surface area contributed by atoms with Gasteiger partial charge in [0.15, 0.2) is 0 Å². The molecule has 30 heavy (non-hydrogen) atoms. The van der Waals surface area contributed by atoms with E-state index in [4.69, 9.17) is 5.73 Å². The van der Waals surface area contributed by atoms with Crippen LogP contribution in [0.25, 0.3) is 0 Å². The number of carbonyl (C=O) groups excluding carboxylic acids is 3. The van der Waals surface area contributed by atoms with E-state index in [0.717, 1.165) is 10.5 Å². The van der Waals surface area contributed by atoms with Crippen LogP contribution in [0.3, 0.4) is 0 Å². The van der Waals surface area contributed by atoms with Gasteiger partial charge in [0, 0.05) is 21.8 Å². The van der Waals surface area contributed by atoms with Gasteiger partial charge in [0.1, 0.15) is 0 Å². The maximum atomic E-state index is 12.2. The number of anilines is 2. The van der Waals surface area contributed by atoms with Crippen molar-refractivity contribution in [3.63, 3.8) is 0 Å². The first-order valence-electron chi connectivity index (χ1n) is 9.26. The summed E-state index contributed by atoms with van der Waals surface area (Å²) in [5.74, 6) is -0.580. The fourth-order valence-corrected chi connectivity index (χ4v) is 3.47. The van der Waals surface area contributed by atoms with E-state index in [1.54, 1.807) is 24.3 Å². The first-order valence-corrected chi connectivity index (χ1v) is 10.2. The molecule has 0 aliphatic rings. The van der Waals surface area contributed by atoms with Crippen LogP contribution in [0, 0.1) is 0 Å². The van der Waals surface area contributed by atoms with Crippen molar-refractivity contribution in [2.24, 2.45) is 5.73 Å². The molecule has 7 heteroatoms. The lowest BCUT2D eigenvalue weighted by Crippen LogP contribution is -2.15. The van der Waals surface area contributed by atoms with Gasteiger partial charge in [-0.2, -0.15) is 0 Å². The number of carbonyl (C=O) groups is 3. The molecule has 0 aliphatic carbocycles. The number of thioether (sulfide) groups is 1. The van der Waals surface area contributed by atoms with Gasteiger partial charge in [-0.1, -0.05) is 36.4 Å². The van der Waals surface area contributed by atoms with Crippen molar-refractivity contribution in [1.29, 1.82) is 0 Å². The van der Waals surface area contributed by atoms with Gasteiger partial charge in [-0.05, 0) is 48.0 Å². The van der Waals surface area contributed by atoms with Crippen LogP contribution in [0.1, 0.15) is 15.9 Å². The molecular weight excluding hydrogens is 398 g/mol. The maximum Gasteiger partial charge on any atom is 0.248 e. The molecule has 6 nitrogen and oxygen atoms in total. The van der Waals surface area contributed by atoms with Gasteiger partial charge in [0.25, 0.3) is 0 Å². The predicted molar refractivity (Wildman–Crippen MR) is 120 cm³/mol. The zero-order valence-corrected chi connectivity index (χ0v) is 16.9. The highest BCUT2D eigenvalue weighted by molar-refractivity contribution is 8.00. The molecule has 152 valence electrons. The molecule has 3 aromatic carbocycles. The van der Waals surface area contributed by atoms with Gasteiger partial charge in [-0.25, -0.2) is 0 Å². The summed E-state index contributed by atoms with van der Waals surface area (Å²) in [7, 11) is 0. The lowest BCUT2D eigenvalue weighted by Gasteiger charge is -2.08. The van der Waals surface area contributed by atoms with Crippen LogP contribution in [-0.2, 0) is 16.0 Å². The molecule has 3 rings (SSSR count). The van der Waals surface area contributed by atoms with Gasteiger partial charge in [0.05, 0.1) is 12.2 Å². The Morgan fingerprint density at radius 3 is 2.17 bits per heavy atom. The Morgan fingerprint density at radius 2 is 1.47 bits per heavy atom. The summed E-state index contributed by atoms with van der Waals surface area (Å²) in [5, 5.41) is 5.65. The molecule has 0 aliphatic heterocycles. The fraction of sp³-hybridized carbons (Fsp3) is 0.0870. The molecule has 0 unspecified atom stereocenters. The first-order chi connectivity index (χ1) is 14.5. The fourth-order valence-electron chi connectivity index (χ4n) is 2.71. The van der Waals surface area contributed by atoms with Crippen molar-refractivity contribution in [1.82, 2.24) is 0 Å². The number of rotatable bonds is 8. The Bertz CT molecular complexity index is 1040. The summed E-state index contributed by atoms with van der Waals surface area (Å²) in [6.45, 7) is 0. The second-order valence-electron chi connectivity index (χ2n) is 6.52. The summed E-state index contributed by atoms with van der Waals surface area (Å²) in [5.41, 5.74) is 7.80. The van der Waals surface area contributed by atoms with Crippen LogP contribution in [0.4, 0.5) is 11.4 Å². The Kier molecular flexibility index (Phi) is 7.24. The van der Waals surface area contributed by atoms with E-state index in [-0.39, 0.29) is 17.6 Å². The third-order valence-corrected chi connectivity index (χ3v) is 5.14. The molecule has 0 spiro atoms. The van der Waals surface area contributed by atoms with E-state index < -0.39 is 5.91 Å². The highest BCUT2D eigenvalue weighted by Crippen LogP contribution is 2.22. The van der Waals surface area contributed by atoms with E-state index in [2.05, 4.69) is 10.6 Å².